The van der Waals surface area contributed by atoms with Crippen LogP contribution in [0, 0.1) is 18.5 Å². The van der Waals surface area contributed by atoms with E-state index in [-0.39, 0.29) is 21.1 Å². The number of para-hydroxylation sites is 4. The van der Waals surface area contributed by atoms with Gasteiger partial charge in [-0.1, -0.05) is 91.0 Å². The Kier molecular flexibility index (Phi) is 6.01. The molecule has 0 radical (unpaired) electrons. The molecule has 0 spiro atoms. The molecular weight excluding hydrogens is 720 g/mol. The first-order valence-electron chi connectivity index (χ1n) is 14.6. The zero-order chi connectivity index (χ0) is 28.7. The maximum absolute atomic E-state index is 4.67. The monoisotopic (exact) mass is 745 g/mol. The fourth-order valence-corrected chi connectivity index (χ4v) is 7.07. The van der Waals surface area contributed by atoms with E-state index in [1.165, 1.54) is 27.4 Å². The molecule has 0 bridgehead atoms. The number of aryl methyl sites for hydroxylation is 1. The minimum atomic E-state index is -0.537. The van der Waals surface area contributed by atoms with Crippen molar-refractivity contribution in [1.29, 1.82) is 0 Å². The summed E-state index contributed by atoms with van der Waals surface area (Å²) in [5.41, 5.74) is 11.5. The van der Waals surface area contributed by atoms with Gasteiger partial charge in [-0.2, -0.15) is 29.8 Å². The van der Waals surface area contributed by atoms with Crippen molar-refractivity contribution in [2.75, 3.05) is 0 Å². The van der Waals surface area contributed by atoms with Gasteiger partial charge in [0.15, 0.2) is 0 Å². The van der Waals surface area contributed by atoms with Crippen LogP contribution in [0.5, 0.6) is 0 Å². The Morgan fingerprint density at radius 3 is 2.36 bits per heavy atom. The van der Waals surface area contributed by atoms with E-state index in [9.17, 15) is 0 Å². The van der Waals surface area contributed by atoms with Crippen LogP contribution in [0.3, 0.4) is 0 Å². The summed E-state index contributed by atoms with van der Waals surface area (Å²) in [6.07, 6.45) is 5.34. The SMILES string of the molecule is C[n+]1[c-]n(-c2[c-]c(C3(C)c4[c-]c(-c5ccccn5)ccc4-n4c5ccccc5c5cccc3c54)ccc2)c2ccccc21.[Pt]. The normalized spacial score (nSPS) is 15.4. The van der Waals surface area contributed by atoms with Crippen LogP contribution in [0.2, 0.25) is 0 Å². The summed E-state index contributed by atoms with van der Waals surface area (Å²) in [6.45, 7) is 2.33. The maximum Gasteiger partial charge on any atom is 0.242 e. The molecule has 1 aliphatic rings. The van der Waals surface area contributed by atoms with Crippen LogP contribution < -0.4 is 4.57 Å². The van der Waals surface area contributed by atoms with Crippen molar-refractivity contribution < 1.29 is 25.6 Å². The van der Waals surface area contributed by atoms with Crippen LogP contribution in [-0.2, 0) is 33.5 Å². The molecule has 5 heteroatoms. The smallest absolute Gasteiger partial charge is 0.242 e. The number of rotatable bonds is 3. The molecule has 1 aliphatic heterocycles. The molecular formula is C39H26N4Pt-2. The molecule has 0 amide bonds. The average molecular weight is 746 g/mol. The molecule has 1 unspecified atom stereocenters. The van der Waals surface area contributed by atoms with Crippen molar-refractivity contribution in [3.05, 3.63) is 157 Å². The van der Waals surface area contributed by atoms with E-state index in [2.05, 4.69) is 143 Å². The van der Waals surface area contributed by atoms with Gasteiger partial charge in [-0.3, -0.25) is 0 Å². The van der Waals surface area contributed by atoms with E-state index in [0.717, 1.165) is 44.8 Å². The summed E-state index contributed by atoms with van der Waals surface area (Å²) in [5.74, 6) is 0. The topological polar surface area (TPSA) is 26.6 Å². The fourth-order valence-electron chi connectivity index (χ4n) is 7.07. The summed E-state index contributed by atoms with van der Waals surface area (Å²) >= 11 is 0. The third kappa shape index (κ3) is 3.61. The second kappa shape index (κ2) is 9.87. The summed E-state index contributed by atoms with van der Waals surface area (Å²) < 4.78 is 6.57. The summed E-state index contributed by atoms with van der Waals surface area (Å²) in [7, 11) is 2.04. The van der Waals surface area contributed by atoms with Gasteiger partial charge in [0, 0.05) is 54.5 Å². The summed E-state index contributed by atoms with van der Waals surface area (Å²) in [4.78, 5) is 4.67. The van der Waals surface area contributed by atoms with E-state index in [1.54, 1.807) is 0 Å². The zero-order valence-electron chi connectivity index (χ0n) is 24.2. The molecule has 4 heterocycles. The number of nitrogens with zero attached hydrogens (tertiary/aromatic N) is 4. The molecule has 1 atom stereocenters. The van der Waals surface area contributed by atoms with Gasteiger partial charge >= 0.3 is 0 Å². The molecule has 0 saturated carbocycles. The summed E-state index contributed by atoms with van der Waals surface area (Å²) in [6, 6.07) is 48.4. The van der Waals surface area contributed by atoms with Crippen molar-refractivity contribution in [2.24, 2.45) is 7.05 Å². The van der Waals surface area contributed by atoms with Crippen LogP contribution >= 0.6 is 0 Å². The second-order valence-corrected chi connectivity index (χ2v) is 11.5. The zero-order valence-corrected chi connectivity index (χ0v) is 26.4. The van der Waals surface area contributed by atoms with Gasteiger partial charge in [-0.25, -0.2) is 0 Å². The van der Waals surface area contributed by atoms with Gasteiger partial charge in [0.25, 0.3) is 0 Å². The van der Waals surface area contributed by atoms with Crippen molar-refractivity contribution >= 4 is 32.8 Å². The molecule has 3 aromatic heterocycles. The van der Waals surface area contributed by atoms with E-state index in [4.69, 9.17) is 0 Å². The molecule has 0 fully saturated rings. The number of pyridine rings is 1. The van der Waals surface area contributed by atoms with E-state index in [0.29, 0.717) is 0 Å². The minimum Gasteiger partial charge on any atom is -0.350 e. The Balaban J connectivity index is 0.00000289. The standard InChI is InChI=1S/C39H26N4.Pt/c1-39(27-11-9-12-28(24-27)42-25-41(2)36-18-5-6-19-37(36)42)31-15-10-14-30-29-13-3-4-17-34(29)43(38(30)31)35-21-20-26(23-32(35)39)33-16-7-8-22-40-33;/h3-22H,1-2H3;/q-2;. The van der Waals surface area contributed by atoms with Crippen LogP contribution in [0.4, 0.5) is 0 Å². The van der Waals surface area contributed by atoms with Gasteiger partial charge in [0.1, 0.15) is 0 Å². The van der Waals surface area contributed by atoms with Gasteiger partial charge in [-0.15, -0.1) is 23.8 Å². The van der Waals surface area contributed by atoms with Gasteiger partial charge in [0.2, 0.25) is 6.33 Å². The first-order chi connectivity index (χ1) is 21.1. The largest absolute Gasteiger partial charge is 0.350 e. The molecule has 0 aliphatic carbocycles. The van der Waals surface area contributed by atoms with Crippen molar-refractivity contribution in [2.45, 2.75) is 12.3 Å². The Morgan fingerprint density at radius 2 is 1.50 bits per heavy atom. The first kappa shape index (κ1) is 26.8. The van der Waals surface area contributed by atoms with E-state index in [1.807, 2.05) is 29.9 Å². The Bertz CT molecular complexity index is 2380. The number of fused-ring (bicyclic) bond motifs is 6. The number of benzene rings is 5. The minimum absolute atomic E-state index is 0. The average Bonchev–Trinajstić information content (AvgIpc) is 3.59. The van der Waals surface area contributed by atoms with Crippen LogP contribution in [0.1, 0.15) is 23.6 Å². The molecule has 9 rings (SSSR count). The van der Waals surface area contributed by atoms with E-state index >= 15 is 0 Å². The van der Waals surface area contributed by atoms with Crippen LogP contribution in [0.15, 0.2) is 121 Å². The molecule has 44 heavy (non-hydrogen) atoms. The Morgan fingerprint density at radius 1 is 0.727 bits per heavy atom. The molecule has 0 saturated heterocycles. The quantitative estimate of drug-likeness (QED) is 0.135. The number of hydrogen-bond donors (Lipinski definition) is 0. The van der Waals surface area contributed by atoms with E-state index < -0.39 is 5.41 Å². The fraction of sp³-hybridized carbons (Fsp3) is 0.0769. The predicted octanol–water partition coefficient (Wildman–Crippen LogP) is 7.68. The Labute approximate surface area is 270 Å². The van der Waals surface area contributed by atoms with Crippen LogP contribution in [0.25, 0.3) is 55.5 Å². The summed E-state index contributed by atoms with van der Waals surface area (Å²) in [5, 5.41) is 2.51. The molecule has 0 N–H and O–H groups in total. The first-order valence-corrected chi connectivity index (χ1v) is 14.6. The van der Waals surface area contributed by atoms with Crippen molar-refractivity contribution in [3.8, 4) is 22.6 Å². The molecule has 4 nitrogen and oxygen atoms in total. The predicted molar refractivity (Wildman–Crippen MR) is 171 cm³/mol. The third-order valence-corrected chi connectivity index (χ3v) is 9.13. The third-order valence-electron chi connectivity index (χ3n) is 9.13. The number of hydrogen-bond acceptors (Lipinski definition) is 1. The van der Waals surface area contributed by atoms with Gasteiger partial charge < -0.3 is 18.7 Å². The van der Waals surface area contributed by atoms with Crippen molar-refractivity contribution in [1.82, 2.24) is 14.1 Å². The van der Waals surface area contributed by atoms with Crippen LogP contribution in [-0.4, -0.2) is 14.1 Å². The van der Waals surface area contributed by atoms with Crippen molar-refractivity contribution in [3.63, 3.8) is 0 Å². The van der Waals surface area contributed by atoms with Gasteiger partial charge in [-0.05, 0) is 29.1 Å². The molecule has 214 valence electrons. The van der Waals surface area contributed by atoms with Gasteiger partial charge in [0.05, 0.1) is 18.1 Å². The number of aromatic nitrogens is 4. The molecule has 8 aromatic rings. The second-order valence-electron chi connectivity index (χ2n) is 11.5. The number of imidazole rings is 1. The molecule has 5 aromatic carbocycles. The maximum atomic E-state index is 4.67. The Hall–Kier alpha value is -4.79.